The zero-order chi connectivity index (χ0) is 10.2. The van der Waals surface area contributed by atoms with E-state index in [2.05, 4.69) is 10.3 Å². The van der Waals surface area contributed by atoms with Gasteiger partial charge >= 0.3 is 0 Å². The molecule has 1 heterocycles. The first kappa shape index (κ1) is 11.1. The number of hydrogen-bond donors (Lipinski definition) is 1. The van der Waals surface area contributed by atoms with Gasteiger partial charge in [-0.1, -0.05) is 0 Å². The molecule has 1 unspecified atom stereocenters. The van der Waals surface area contributed by atoms with E-state index < -0.39 is 0 Å². The highest BCUT2D eigenvalue weighted by molar-refractivity contribution is 5.11. The quantitative estimate of drug-likeness (QED) is 0.740. The Hall–Kier alpha value is -0.930. The van der Waals surface area contributed by atoms with Gasteiger partial charge in [-0.3, -0.25) is 4.98 Å². The van der Waals surface area contributed by atoms with Crippen molar-refractivity contribution < 1.29 is 4.74 Å². The largest absolute Gasteiger partial charge is 0.380 e. The SMILES string of the molecule is CCOCC(Cc1ccncc1)NC. The lowest BCUT2D eigenvalue weighted by Gasteiger charge is -2.15. The molecule has 14 heavy (non-hydrogen) atoms. The molecule has 0 saturated heterocycles. The summed E-state index contributed by atoms with van der Waals surface area (Å²) < 4.78 is 5.38. The van der Waals surface area contributed by atoms with E-state index in [9.17, 15) is 0 Å². The van der Waals surface area contributed by atoms with Crippen LogP contribution >= 0.6 is 0 Å². The van der Waals surface area contributed by atoms with Crippen LogP contribution in [0, 0.1) is 0 Å². The highest BCUT2D eigenvalue weighted by Gasteiger charge is 2.06. The second kappa shape index (κ2) is 6.51. The Balaban J connectivity index is 2.40. The minimum atomic E-state index is 0.386. The van der Waals surface area contributed by atoms with Gasteiger partial charge < -0.3 is 10.1 Å². The Kier molecular flexibility index (Phi) is 5.19. The molecular weight excluding hydrogens is 176 g/mol. The van der Waals surface area contributed by atoms with Crippen LogP contribution in [0.3, 0.4) is 0 Å². The van der Waals surface area contributed by atoms with Gasteiger partial charge in [-0.25, -0.2) is 0 Å². The fourth-order valence-corrected chi connectivity index (χ4v) is 1.31. The van der Waals surface area contributed by atoms with Crippen LogP contribution in [0.5, 0.6) is 0 Å². The molecule has 0 radical (unpaired) electrons. The monoisotopic (exact) mass is 194 g/mol. The summed E-state index contributed by atoms with van der Waals surface area (Å²) in [6, 6.07) is 4.46. The molecule has 1 atom stereocenters. The van der Waals surface area contributed by atoms with Crippen molar-refractivity contribution in [2.24, 2.45) is 0 Å². The van der Waals surface area contributed by atoms with Crippen LogP contribution in [-0.2, 0) is 11.2 Å². The highest BCUT2D eigenvalue weighted by atomic mass is 16.5. The molecule has 0 aromatic carbocycles. The maximum absolute atomic E-state index is 5.38. The molecule has 78 valence electrons. The van der Waals surface area contributed by atoms with Crippen molar-refractivity contribution in [3.05, 3.63) is 30.1 Å². The summed E-state index contributed by atoms with van der Waals surface area (Å²) in [6.07, 6.45) is 4.63. The normalized spacial score (nSPS) is 12.7. The Bertz CT molecular complexity index is 238. The van der Waals surface area contributed by atoms with Crippen LogP contribution in [0.25, 0.3) is 0 Å². The lowest BCUT2D eigenvalue weighted by atomic mass is 10.1. The molecule has 0 aliphatic carbocycles. The van der Waals surface area contributed by atoms with Crippen molar-refractivity contribution in [1.29, 1.82) is 0 Å². The van der Waals surface area contributed by atoms with Gasteiger partial charge in [-0.05, 0) is 38.1 Å². The molecule has 3 nitrogen and oxygen atoms in total. The first-order valence-electron chi connectivity index (χ1n) is 5.00. The Labute approximate surface area is 85.5 Å². The minimum absolute atomic E-state index is 0.386. The summed E-state index contributed by atoms with van der Waals surface area (Å²) in [4.78, 5) is 3.99. The van der Waals surface area contributed by atoms with Crippen molar-refractivity contribution in [2.45, 2.75) is 19.4 Å². The molecule has 1 aromatic heterocycles. The molecule has 0 aliphatic rings. The predicted octanol–water partition coefficient (Wildman–Crippen LogP) is 1.25. The molecule has 0 bridgehead atoms. The number of ether oxygens (including phenoxy) is 1. The second-order valence-corrected chi connectivity index (χ2v) is 3.20. The molecule has 0 fully saturated rings. The van der Waals surface area contributed by atoms with Crippen LogP contribution < -0.4 is 5.32 Å². The molecule has 0 saturated carbocycles. The molecule has 1 N–H and O–H groups in total. The summed E-state index contributed by atoms with van der Waals surface area (Å²) in [5.74, 6) is 0. The fraction of sp³-hybridized carbons (Fsp3) is 0.545. The Morgan fingerprint density at radius 3 is 2.71 bits per heavy atom. The van der Waals surface area contributed by atoms with Gasteiger partial charge in [0.1, 0.15) is 0 Å². The first-order chi connectivity index (χ1) is 6.86. The highest BCUT2D eigenvalue weighted by Crippen LogP contribution is 2.01. The predicted molar refractivity (Wildman–Crippen MR) is 57.3 cm³/mol. The first-order valence-corrected chi connectivity index (χ1v) is 5.00. The van der Waals surface area contributed by atoms with Gasteiger partial charge in [0.05, 0.1) is 6.61 Å². The summed E-state index contributed by atoms with van der Waals surface area (Å²) in [5.41, 5.74) is 1.29. The minimum Gasteiger partial charge on any atom is -0.380 e. The maximum Gasteiger partial charge on any atom is 0.0622 e. The Morgan fingerprint density at radius 1 is 1.43 bits per heavy atom. The van der Waals surface area contributed by atoms with Crippen LogP contribution in [0.1, 0.15) is 12.5 Å². The maximum atomic E-state index is 5.38. The standard InChI is InChI=1S/C11H18N2O/c1-3-14-9-11(12-2)8-10-4-6-13-7-5-10/h4-7,11-12H,3,8-9H2,1-2H3. The third-order valence-corrected chi connectivity index (χ3v) is 2.16. The lowest BCUT2D eigenvalue weighted by molar-refractivity contribution is 0.125. The van der Waals surface area contributed by atoms with Crippen molar-refractivity contribution in [3.63, 3.8) is 0 Å². The fourth-order valence-electron chi connectivity index (χ4n) is 1.31. The Morgan fingerprint density at radius 2 is 2.14 bits per heavy atom. The van der Waals surface area contributed by atoms with Crippen LogP contribution in [0.2, 0.25) is 0 Å². The number of aromatic nitrogens is 1. The van der Waals surface area contributed by atoms with E-state index in [0.29, 0.717) is 6.04 Å². The van der Waals surface area contributed by atoms with Gasteiger partial charge in [0, 0.05) is 25.0 Å². The van der Waals surface area contributed by atoms with Gasteiger partial charge in [-0.2, -0.15) is 0 Å². The average molecular weight is 194 g/mol. The van der Waals surface area contributed by atoms with Gasteiger partial charge in [0.2, 0.25) is 0 Å². The van der Waals surface area contributed by atoms with E-state index in [1.165, 1.54) is 5.56 Å². The van der Waals surface area contributed by atoms with Crippen molar-refractivity contribution in [2.75, 3.05) is 20.3 Å². The van der Waals surface area contributed by atoms with E-state index in [0.717, 1.165) is 19.6 Å². The van der Waals surface area contributed by atoms with Gasteiger partial charge in [0.25, 0.3) is 0 Å². The third-order valence-electron chi connectivity index (χ3n) is 2.16. The number of nitrogens with zero attached hydrogens (tertiary/aromatic N) is 1. The van der Waals surface area contributed by atoms with E-state index in [1.54, 1.807) is 0 Å². The smallest absolute Gasteiger partial charge is 0.0622 e. The van der Waals surface area contributed by atoms with Crippen molar-refractivity contribution >= 4 is 0 Å². The van der Waals surface area contributed by atoms with Crippen molar-refractivity contribution in [3.8, 4) is 0 Å². The number of pyridine rings is 1. The second-order valence-electron chi connectivity index (χ2n) is 3.20. The molecule has 1 aromatic rings. The number of hydrogen-bond acceptors (Lipinski definition) is 3. The molecule has 0 aliphatic heterocycles. The number of rotatable bonds is 6. The summed E-state index contributed by atoms with van der Waals surface area (Å²) in [5, 5.41) is 3.24. The molecule has 3 heteroatoms. The van der Waals surface area contributed by atoms with Crippen LogP contribution in [0.15, 0.2) is 24.5 Å². The van der Waals surface area contributed by atoms with E-state index in [4.69, 9.17) is 4.74 Å². The summed E-state index contributed by atoms with van der Waals surface area (Å²) in [7, 11) is 1.96. The zero-order valence-electron chi connectivity index (χ0n) is 8.86. The lowest BCUT2D eigenvalue weighted by Crippen LogP contribution is -2.32. The topological polar surface area (TPSA) is 34.1 Å². The summed E-state index contributed by atoms with van der Waals surface area (Å²) in [6.45, 7) is 3.54. The molecular formula is C11H18N2O. The van der Waals surface area contributed by atoms with Gasteiger partial charge in [0.15, 0.2) is 0 Å². The van der Waals surface area contributed by atoms with Crippen molar-refractivity contribution in [1.82, 2.24) is 10.3 Å². The van der Waals surface area contributed by atoms with E-state index in [-0.39, 0.29) is 0 Å². The molecule has 0 amide bonds. The molecule has 0 spiro atoms. The average Bonchev–Trinajstić information content (AvgIpc) is 2.25. The summed E-state index contributed by atoms with van der Waals surface area (Å²) >= 11 is 0. The molecule has 1 rings (SSSR count). The van der Waals surface area contributed by atoms with E-state index in [1.807, 2.05) is 38.5 Å². The number of nitrogens with one attached hydrogen (secondary N) is 1. The van der Waals surface area contributed by atoms with Crippen LogP contribution in [-0.4, -0.2) is 31.3 Å². The third kappa shape index (κ3) is 3.85. The number of likely N-dealkylation sites (N-methyl/N-ethyl adjacent to an activating group) is 1. The van der Waals surface area contributed by atoms with E-state index >= 15 is 0 Å². The van der Waals surface area contributed by atoms with Crippen LogP contribution in [0.4, 0.5) is 0 Å². The van der Waals surface area contributed by atoms with Gasteiger partial charge in [-0.15, -0.1) is 0 Å². The zero-order valence-corrected chi connectivity index (χ0v) is 8.86.